The van der Waals surface area contributed by atoms with Gasteiger partial charge in [0.05, 0.1) is 0 Å². The zero-order valence-corrected chi connectivity index (χ0v) is 5.40. The van der Waals surface area contributed by atoms with Crippen molar-refractivity contribution in [3.05, 3.63) is 12.2 Å². The largest absolute Gasteiger partial charge is 0.503 e. The number of nitrogens with zero attached hydrogens (tertiary/aromatic N) is 1. The van der Waals surface area contributed by atoms with Crippen molar-refractivity contribution in [1.82, 2.24) is 0 Å². The number of hydrogen-bond acceptors (Lipinski definition) is 2. The van der Waals surface area contributed by atoms with Crippen molar-refractivity contribution in [3.8, 4) is 0 Å². The van der Waals surface area contributed by atoms with Crippen LogP contribution in [0.15, 0.2) is 17.1 Å². The Morgan fingerprint density at radius 2 is 2.10 bits per heavy atom. The van der Waals surface area contributed by atoms with E-state index in [4.69, 9.17) is 15.0 Å². The molecule has 4 nitrogen and oxygen atoms in total. The van der Waals surface area contributed by atoms with Gasteiger partial charge in [-0.05, 0) is 12.5 Å². The van der Waals surface area contributed by atoms with Crippen LogP contribution in [0.3, 0.4) is 0 Å². The van der Waals surface area contributed by atoms with E-state index in [9.17, 15) is 0 Å². The third-order valence-electron chi connectivity index (χ3n) is 0.752. The summed E-state index contributed by atoms with van der Waals surface area (Å²) in [6.07, 6.45) is 5.22. The molecular formula is C6H9NO3. The number of aliphatic imine (C=N–C) groups is 1. The van der Waals surface area contributed by atoms with Gasteiger partial charge in [-0.1, -0.05) is 6.08 Å². The van der Waals surface area contributed by atoms with Crippen molar-refractivity contribution in [2.45, 2.75) is 6.42 Å². The summed E-state index contributed by atoms with van der Waals surface area (Å²) in [7, 11) is 0. The van der Waals surface area contributed by atoms with E-state index >= 15 is 0 Å². The van der Waals surface area contributed by atoms with Gasteiger partial charge in [0.1, 0.15) is 0 Å². The highest BCUT2D eigenvalue weighted by Crippen LogP contribution is 1.87. The Balaban J connectivity index is 0.000000180. The molecule has 4 heteroatoms. The van der Waals surface area contributed by atoms with E-state index in [0.29, 0.717) is 0 Å². The van der Waals surface area contributed by atoms with Crippen LogP contribution in [0.25, 0.3) is 0 Å². The third kappa shape index (κ3) is 9.84. The van der Waals surface area contributed by atoms with E-state index in [1.165, 1.54) is 0 Å². The van der Waals surface area contributed by atoms with Gasteiger partial charge in [0.2, 0.25) is 0 Å². The van der Waals surface area contributed by atoms with Crippen LogP contribution in [0.4, 0.5) is 4.79 Å². The van der Waals surface area contributed by atoms with Gasteiger partial charge in [0, 0.05) is 12.8 Å². The summed E-state index contributed by atoms with van der Waals surface area (Å²) >= 11 is 0. The molecule has 0 bridgehead atoms. The van der Waals surface area contributed by atoms with Gasteiger partial charge in [-0.2, -0.15) is 0 Å². The van der Waals surface area contributed by atoms with Gasteiger partial charge in [0.25, 0.3) is 0 Å². The Morgan fingerprint density at radius 1 is 1.50 bits per heavy atom. The first-order chi connectivity index (χ1) is 4.73. The highest BCUT2D eigenvalue weighted by molar-refractivity contribution is 5.71. The first-order valence-corrected chi connectivity index (χ1v) is 2.80. The Morgan fingerprint density at radius 3 is 2.20 bits per heavy atom. The van der Waals surface area contributed by atoms with E-state index in [0.717, 1.165) is 13.0 Å². The zero-order chi connectivity index (χ0) is 7.82. The predicted octanol–water partition coefficient (Wildman–Crippen LogP) is 1.24. The summed E-state index contributed by atoms with van der Waals surface area (Å²) in [5.74, 6) is 0. The van der Waals surface area contributed by atoms with Crippen LogP contribution in [0.5, 0.6) is 0 Å². The predicted molar refractivity (Wildman–Crippen MR) is 37.8 cm³/mol. The zero-order valence-electron chi connectivity index (χ0n) is 5.40. The second-order valence-corrected chi connectivity index (χ2v) is 1.55. The lowest BCUT2D eigenvalue weighted by Crippen LogP contribution is -1.81. The summed E-state index contributed by atoms with van der Waals surface area (Å²) in [5.41, 5.74) is 0. The maximum Gasteiger partial charge on any atom is 0.503 e. The van der Waals surface area contributed by atoms with Crippen molar-refractivity contribution in [3.63, 3.8) is 0 Å². The minimum absolute atomic E-state index is 0.983. The van der Waals surface area contributed by atoms with Crippen molar-refractivity contribution in [2.75, 3.05) is 6.54 Å². The minimum atomic E-state index is -1.83. The first-order valence-electron chi connectivity index (χ1n) is 2.80. The maximum absolute atomic E-state index is 8.56. The van der Waals surface area contributed by atoms with Crippen molar-refractivity contribution in [2.24, 2.45) is 4.99 Å². The molecule has 0 saturated carbocycles. The normalized spacial score (nSPS) is 13.6. The molecule has 0 aromatic rings. The van der Waals surface area contributed by atoms with E-state index in [-0.39, 0.29) is 0 Å². The minimum Gasteiger partial charge on any atom is -0.450 e. The maximum atomic E-state index is 8.56. The van der Waals surface area contributed by atoms with Gasteiger partial charge in [0.15, 0.2) is 0 Å². The van der Waals surface area contributed by atoms with Crippen LogP contribution >= 0.6 is 0 Å². The number of hydrogen-bond donors (Lipinski definition) is 2. The average molecular weight is 143 g/mol. The smallest absolute Gasteiger partial charge is 0.450 e. The topological polar surface area (TPSA) is 69.9 Å². The van der Waals surface area contributed by atoms with Crippen LogP contribution in [-0.4, -0.2) is 29.1 Å². The number of allylic oxidation sites excluding steroid dienone is 1. The molecular weight excluding hydrogens is 134 g/mol. The fraction of sp³-hybridized carbons (Fsp3) is 0.333. The first kappa shape index (κ1) is 8.68. The molecule has 0 saturated heterocycles. The van der Waals surface area contributed by atoms with Crippen molar-refractivity contribution < 1.29 is 15.0 Å². The van der Waals surface area contributed by atoms with Gasteiger partial charge in [-0.3, -0.25) is 4.99 Å². The van der Waals surface area contributed by atoms with Gasteiger partial charge < -0.3 is 10.2 Å². The number of rotatable bonds is 0. The van der Waals surface area contributed by atoms with Crippen molar-refractivity contribution >= 4 is 12.4 Å². The number of carbonyl (C=O) groups is 1. The van der Waals surface area contributed by atoms with Crippen LogP contribution in [0.2, 0.25) is 0 Å². The molecule has 0 aromatic heterocycles. The molecule has 0 atom stereocenters. The van der Waals surface area contributed by atoms with Gasteiger partial charge in [-0.25, -0.2) is 4.79 Å². The second kappa shape index (κ2) is 5.81. The van der Waals surface area contributed by atoms with E-state index in [2.05, 4.69) is 11.1 Å². The van der Waals surface area contributed by atoms with Crippen LogP contribution in [0, 0.1) is 0 Å². The number of carboxylic acid groups (broad SMARTS) is 2. The Bertz CT molecular complexity index is 135. The molecule has 0 amide bonds. The molecule has 1 aliphatic rings. The molecule has 0 fully saturated rings. The lowest BCUT2D eigenvalue weighted by Gasteiger charge is -1.88. The average Bonchev–Trinajstić information content (AvgIpc) is 1.90. The molecule has 0 aliphatic carbocycles. The summed E-state index contributed by atoms with van der Waals surface area (Å²) in [4.78, 5) is 12.5. The van der Waals surface area contributed by atoms with E-state index in [1.807, 2.05) is 12.3 Å². The summed E-state index contributed by atoms with van der Waals surface area (Å²) in [6.45, 7) is 0.983. The molecule has 0 aromatic carbocycles. The Hall–Kier alpha value is -1.32. The molecule has 1 heterocycles. The lowest BCUT2D eigenvalue weighted by atomic mass is 10.3. The van der Waals surface area contributed by atoms with Crippen LogP contribution in [0.1, 0.15) is 6.42 Å². The van der Waals surface area contributed by atoms with E-state index < -0.39 is 6.16 Å². The Labute approximate surface area is 58.5 Å². The molecule has 2 N–H and O–H groups in total. The molecule has 0 spiro atoms. The monoisotopic (exact) mass is 143 g/mol. The molecule has 1 rings (SSSR count). The number of dihydropyridines is 1. The SMILES string of the molecule is C1=CCCN=C1.O=C(O)O. The quantitative estimate of drug-likeness (QED) is 0.536. The summed E-state index contributed by atoms with van der Waals surface area (Å²) in [6, 6.07) is 0. The molecule has 56 valence electrons. The Kier molecular flexibility index (Phi) is 5.04. The molecule has 10 heavy (non-hydrogen) atoms. The van der Waals surface area contributed by atoms with Gasteiger partial charge in [-0.15, -0.1) is 0 Å². The van der Waals surface area contributed by atoms with Gasteiger partial charge >= 0.3 is 6.16 Å². The fourth-order valence-electron chi connectivity index (χ4n) is 0.442. The highest BCUT2D eigenvalue weighted by Gasteiger charge is 1.78. The van der Waals surface area contributed by atoms with E-state index in [1.54, 1.807) is 0 Å². The standard InChI is InChI=1S/C5H7N.CH2O3/c1-2-4-6-5-3-1;2-1(3)4/h1-2,4H,3,5H2;(H2,2,3,4). The molecule has 0 unspecified atom stereocenters. The second-order valence-electron chi connectivity index (χ2n) is 1.55. The highest BCUT2D eigenvalue weighted by atomic mass is 16.6. The molecule has 1 aliphatic heterocycles. The van der Waals surface area contributed by atoms with Crippen LogP contribution in [-0.2, 0) is 0 Å². The summed E-state index contributed by atoms with van der Waals surface area (Å²) < 4.78 is 0. The molecule has 0 radical (unpaired) electrons. The van der Waals surface area contributed by atoms with Crippen molar-refractivity contribution in [1.29, 1.82) is 0 Å². The summed E-state index contributed by atoms with van der Waals surface area (Å²) in [5, 5.41) is 13.9. The van der Waals surface area contributed by atoms with Crippen LogP contribution < -0.4 is 0 Å². The third-order valence-corrected chi connectivity index (χ3v) is 0.752. The lowest BCUT2D eigenvalue weighted by molar-refractivity contribution is 0.137. The fourth-order valence-corrected chi connectivity index (χ4v) is 0.442.